The zero-order valence-electron chi connectivity index (χ0n) is 19.2. The molecule has 2 aliphatic heterocycles. The Morgan fingerprint density at radius 3 is 2.66 bits per heavy atom. The molecular weight excluding hydrogens is 452 g/mol. The molecule has 6 rings (SSSR count). The van der Waals surface area contributed by atoms with Gasteiger partial charge in [0.15, 0.2) is 23.6 Å². The van der Waals surface area contributed by atoms with Crippen molar-refractivity contribution in [1.82, 2.24) is 15.1 Å². The van der Waals surface area contributed by atoms with Crippen LogP contribution in [-0.4, -0.2) is 53.3 Å². The zero-order chi connectivity index (χ0) is 24.1. The van der Waals surface area contributed by atoms with E-state index in [4.69, 9.17) is 14.0 Å². The predicted octanol–water partition coefficient (Wildman–Crippen LogP) is 2.74. The molecule has 2 atom stereocenters. The summed E-state index contributed by atoms with van der Waals surface area (Å²) in [5, 5.41) is 13.6. The Morgan fingerprint density at radius 1 is 1.00 bits per heavy atom. The van der Waals surface area contributed by atoms with E-state index in [9.17, 15) is 9.59 Å². The first-order valence-electron chi connectivity index (χ1n) is 11.3. The van der Waals surface area contributed by atoms with Gasteiger partial charge < -0.3 is 14.0 Å². The van der Waals surface area contributed by atoms with Gasteiger partial charge in [-0.1, -0.05) is 16.4 Å². The van der Waals surface area contributed by atoms with Gasteiger partial charge in [0.1, 0.15) is 6.54 Å². The number of methoxy groups -OCH3 is 2. The van der Waals surface area contributed by atoms with Gasteiger partial charge in [0.2, 0.25) is 11.7 Å². The fourth-order valence-electron chi connectivity index (χ4n) is 4.86. The molecule has 11 nitrogen and oxygen atoms in total. The summed E-state index contributed by atoms with van der Waals surface area (Å²) < 4.78 is 16.0. The summed E-state index contributed by atoms with van der Waals surface area (Å²) in [6.45, 7) is 0.0437. The van der Waals surface area contributed by atoms with Crippen molar-refractivity contribution in [3.8, 4) is 22.9 Å². The van der Waals surface area contributed by atoms with Crippen LogP contribution in [0.15, 0.2) is 51.3 Å². The monoisotopic (exact) mass is 474 g/mol. The number of aromatic nitrogens is 2. The van der Waals surface area contributed by atoms with Crippen LogP contribution in [0.25, 0.3) is 11.4 Å². The summed E-state index contributed by atoms with van der Waals surface area (Å²) in [7, 11) is 3.10. The van der Waals surface area contributed by atoms with Crippen LogP contribution in [0.1, 0.15) is 23.4 Å². The number of carbonyl (C=O) groups is 2. The second-order valence-electron chi connectivity index (χ2n) is 8.59. The van der Waals surface area contributed by atoms with Crippen molar-refractivity contribution in [2.24, 2.45) is 10.3 Å². The maximum absolute atomic E-state index is 13.3. The number of hydrogen-bond acceptors (Lipinski definition) is 10. The van der Waals surface area contributed by atoms with Crippen LogP contribution in [0.3, 0.4) is 0 Å². The first-order valence-corrected chi connectivity index (χ1v) is 11.3. The Balaban J connectivity index is 1.21. The Bertz CT molecular complexity index is 1370. The van der Waals surface area contributed by atoms with Crippen LogP contribution in [0.5, 0.6) is 11.5 Å². The Kier molecular flexibility index (Phi) is 4.97. The fourth-order valence-corrected chi connectivity index (χ4v) is 4.86. The van der Waals surface area contributed by atoms with Crippen LogP contribution in [0.2, 0.25) is 0 Å². The highest BCUT2D eigenvalue weighted by molar-refractivity contribution is 6.25. The summed E-state index contributed by atoms with van der Waals surface area (Å²) in [5.74, 6) is 0.978. The van der Waals surface area contributed by atoms with Crippen molar-refractivity contribution in [3.05, 3.63) is 53.4 Å². The van der Waals surface area contributed by atoms with Crippen LogP contribution in [0.4, 0.5) is 5.69 Å². The summed E-state index contributed by atoms with van der Waals surface area (Å²) in [5.41, 5.74) is 3.72. The fraction of sp³-hybridized carbons (Fsp3) is 0.333. The number of ether oxygens (including phenoxy) is 2. The third-order valence-corrected chi connectivity index (χ3v) is 6.61. The average Bonchev–Trinajstić information content (AvgIpc) is 3.66. The Morgan fingerprint density at radius 2 is 1.83 bits per heavy atom. The lowest BCUT2D eigenvalue weighted by Crippen LogP contribution is -2.39. The van der Waals surface area contributed by atoms with Gasteiger partial charge >= 0.3 is 0 Å². The van der Waals surface area contributed by atoms with E-state index in [1.54, 1.807) is 32.4 Å². The van der Waals surface area contributed by atoms with E-state index in [-0.39, 0.29) is 24.2 Å². The number of hydrogen-bond donors (Lipinski definition) is 0. The van der Waals surface area contributed by atoms with Crippen molar-refractivity contribution >= 4 is 17.5 Å². The first kappa shape index (κ1) is 21.3. The van der Waals surface area contributed by atoms with Gasteiger partial charge in [-0.15, -0.1) is 0 Å². The minimum Gasteiger partial charge on any atom is -0.493 e. The molecule has 2 aromatic carbocycles. The molecule has 1 aromatic heterocycles. The maximum atomic E-state index is 13.3. The third kappa shape index (κ3) is 3.42. The second-order valence-corrected chi connectivity index (χ2v) is 8.59. The topological polar surface area (TPSA) is 123 Å². The maximum Gasteiger partial charge on any atom is 0.263 e. The lowest BCUT2D eigenvalue weighted by atomic mass is 10.1. The third-order valence-electron chi connectivity index (χ3n) is 6.61. The number of carbonyl (C=O) groups excluding carboxylic acids is 2. The smallest absolute Gasteiger partial charge is 0.263 e. The van der Waals surface area contributed by atoms with Crippen LogP contribution < -0.4 is 14.4 Å². The minimum absolute atomic E-state index is 0.0437. The molecule has 3 heterocycles. The number of rotatable bonds is 6. The van der Waals surface area contributed by atoms with E-state index in [1.807, 2.05) is 18.2 Å². The highest BCUT2D eigenvalue weighted by Crippen LogP contribution is 2.35. The Labute approximate surface area is 200 Å². The van der Waals surface area contributed by atoms with Crippen molar-refractivity contribution < 1.29 is 23.6 Å². The molecule has 2 amide bonds. The summed E-state index contributed by atoms with van der Waals surface area (Å²) in [4.78, 5) is 32.0. The molecule has 0 bridgehead atoms. The van der Waals surface area contributed by atoms with Gasteiger partial charge in [0.25, 0.3) is 11.8 Å². The number of aryl methyl sites for hydroxylation is 2. The number of amides is 2. The normalized spacial score (nSPS) is 20.5. The van der Waals surface area contributed by atoms with E-state index >= 15 is 0 Å². The Hall–Kier alpha value is -4.28. The number of imide groups is 1. The molecule has 35 heavy (non-hydrogen) atoms. The van der Waals surface area contributed by atoms with E-state index in [2.05, 4.69) is 20.5 Å². The first-order chi connectivity index (χ1) is 17.1. The summed E-state index contributed by atoms with van der Waals surface area (Å²) in [6.07, 6.45) is 3.07. The molecule has 1 aliphatic carbocycles. The standard InChI is InChI=1S/C24H22N6O5/c1-33-17-9-7-15(11-18(17)34-2)22-25-19(35-27-22)12-29-21-20(26-28-29)23(31)30(24(21)32)16-8-6-13-4-3-5-14(13)10-16/h6-11,20-21H,3-5,12H2,1-2H3/t20-,21-/m0/s1. The van der Waals surface area contributed by atoms with Gasteiger partial charge in [-0.05, 0) is 60.7 Å². The van der Waals surface area contributed by atoms with Crippen molar-refractivity contribution in [2.45, 2.75) is 37.9 Å². The number of anilines is 1. The minimum atomic E-state index is -0.885. The second kappa shape index (κ2) is 8.19. The van der Waals surface area contributed by atoms with Gasteiger partial charge in [-0.3, -0.25) is 14.6 Å². The van der Waals surface area contributed by atoms with Crippen LogP contribution >= 0.6 is 0 Å². The van der Waals surface area contributed by atoms with Crippen molar-refractivity contribution in [3.63, 3.8) is 0 Å². The number of fused-ring (bicyclic) bond motifs is 2. The number of benzene rings is 2. The molecule has 1 saturated heterocycles. The van der Waals surface area contributed by atoms with E-state index in [0.29, 0.717) is 28.6 Å². The SMILES string of the molecule is COc1ccc(-c2noc(CN3N=N[C@@H]4C(=O)N(c5ccc6c(c5)CCC6)C(=O)[C@H]43)n2)cc1OC. The average molecular weight is 474 g/mol. The molecule has 0 unspecified atom stereocenters. The molecule has 0 N–H and O–H groups in total. The predicted molar refractivity (Wildman–Crippen MR) is 122 cm³/mol. The molecule has 0 saturated carbocycles. The van der Waals surface area contributed by atoms with E-state index < -0.39 is 12.1 Å². The van der Waals surface area contributed by atoms with Gasteiger partial charge in [-0.25, -0.2) is 4.90 Å². The lowest BCUT2D eigenvalue weighted by molar-refractivity contribution is -0.123. The van der Waals surface area contributed by atoms with Gasteiger partial charge in [0, 0.05) is 5.56 Å². The van der Waals surface area contributed by atoms with E-state index in [0.717, 1.165) is 19.3 Å². The lowest BCUT2D eigenvalue weighted by Gasteiger charge is -2.19. The van der Waals surface area contributed by atoms with Crippen molar-refractivity contribution in [1.29, 1.82) is 0 Å². The molecule has 11 heteroatoms. The highest BCUT2D eigenvalue weighted by Gasteiger charge is 2.55. The molecule has 1 fully saturated rings. The molecule has 0 spiro atoms. The summed E-state index contributed by atoms with van der Waals surface area (Å²) in [6, 6.07) is 9.32. The van der Waals surface area contributed by atoms with Crippen molar-refractivity contribution in [2.75, 3.05) is 19.1 Å². The van der Waals surface area contributed by atoms with Gasteiger partial charge in [-0.2, -0.15) is 10.1 Å². The molecule has 178 valence electrons. The van der Waals surface area contributed by atoms with Gasteiger partial charge in [0.05, 0.1) is 19.9 Å². The van der Waals surface area contributed by atoms with E-state index in [1.165, 1.54) is 21.0 Å². The van der Waals surface area contributed by atoms with Crippen LogP contribution in [-0.2, 0) is 29.0 Å². The molecular formula is C24H22N6O5. The number of nitrogens with zero attached hydrogens (tertiary/aromatic N) is 6. The molecule has 0 radical (unpaired) electrons. The largest absolute Gasteiger partial charge is 0.493 e. The summed E-state index contributed by atoms with van der Waals surface area (Å²) >= 11 is 0. The van der Waals surface area contributed by atoms with Crippen LogP contribution in [0, 0.1) is 0 Å². The highest BCUT2D eigenvalue weighted by atomic mass is 16.5. The molecule has 3 aromatic rings. The molecule has 3 aliphatic rings. The zero-order valence-corrected chi connectivity index (χ0v) is 19.2. The quantitative estimate of drug-likeness (QED) is 0.500.